The van der Waals surface area contributed by atoms with Crippen molar-refractivity contribution in [2.75, 3.05) is 5.32 Å². The van der Waals surface area contributed by atoms with E-state index in [9.17, 15) is 27.5 Å². The average molecular weight is 400 g/mol. The summed E-state index contributed by atoms with van der Waals surface area (Å²) in [5.41, 5.74) is -2.66. The summed E-state index contributed by atoms with van der Waals surface area (Å²) in [6, 6.07) is 7.54. The Kier molecular flexibility index (Phi) is 5.70. The highest BCUT2D eigenvalue weighted by Gasteiger charge is 2.51. The third kappa shape index (κ3) is 4.98. The molecule has 2 rings (SSSR count). The summed E-state index contributed by atoms with van der Waals surface area (Å²) in [4.78, 5) is 15.4. The summed E-state index contributed by atoms with van der Waals surface area (Å²) in [6.45, 7) is 4.62. The van der Waals surface area contributed by atoms with E-state index in [0.29, 0.717) is 25.0 Å². The molecule has 0 spiro atoms. The minimum atomic E-state index is -4.76. The Balaban J connectivity index is 2.23. The topological polar surface area (TPSA) is 71.5 Å². The van der Waals surface area contributed by atoms with Crippen molar-refractivity contribution in [1.29, 1.82) is 0 Å². The number of hydrogen-bond donors (Lipinski definition) is 2. The number of anilines is 1. The summed E-state index contributed by atoms with van der Waals surface area (Å²) in [5, 5.41) is 12.0. The quantitative estimate of drug-likeness (QED) is 0.708. The first-order valence-electron chi connectivity index (χ1n) is 8.26. The Labute approximate surface area is 159 Å². The van der Waals surface area contributed by atoms with E-state index >= 15 is 0 Å². The summed E-state index contributed by atoms with van der Waals surface area (Å²) in [6.07, 6.45) is -5.29. The maximum Gasteiger partial charge on any atom is 0.427 e. The maximum absolute atomic E-state index is 14.2. The van der Waals surface area contributed by atoms with Gasteiger partial charge in [0.2, 0.25) is 5.60 Å². The number of nitrogens with one attached hydrogen (secondary N) is 1. The molecule has 0 atom stereocenters. The van der Waals surface area contributed by atoms with Crippen molar-refractivity contribution < 1.29 is 32.2 Å². The highest BCUT2D eigenvalue weighted by molar-refractivity contribution is 5.84. The van der Waals surface area contributed by atoms with Gasteiger partial charge in [-0.25, -0.2) is 14.2 Å². The number of halogens is 4. The lowest BCUT2D eigenvalue weighted by atomic mass is 9.95. The number of nitrogens with zero attached hydrogens (tertiary/aromatic N) is 1. The molecule has 0 fully saturated rings. The van der Waals surface area contributed by atoms with E-state index in [4.69, 9.17) is 0 Å². The number of ether oxygens (including phenoxy) is 1. The zero-order chi connectivity index (χ0) is 21.3. The molecule has 0 aliphatic carbocycles. The lowest BCUT2D eigenvalue weighted by Gasteiger charge is -2.27. The minimum absolute atomic E-state index is 0.0719. The molecule has 2 N–H and O–H groups in total. The SMILES string of the molecule is CC(C)(O)c1ccc(-c2cc(NC(=O)OC(C)(C)C(F)(F)F)ncc2F)cc1. The lowest BCUT2D eigenvalue weighted by molar-refractivity contribution is -0.242. The van der Waals surface area contributed by atoms with Crippen LogP contribution >= 0.6 is 0 Å². The smallest absolute Gasteiger partial charge is 0.427 e. The van der Waals surface area contributed by atoms with Gasteiger partial charge in [0.25, 0.3) is 0 Å². The van der Waals surface area contributed by atoms with E-state index in [-0.39, 0.29) is 11.4 Å². The summed E-state index contributed by atoms with van der Waals surface area (Å²) >= 11 is 0. The highest BCUT2D eigenvalue weighted by atomic mass is 19.4. The number of aliphatic hydroxyl groups is 1. The molecule has 0 aliphatic heterocycles. The Hall–Kier alpha value is -2.68. The molecule has 0 bridgehead atoms. The van der Waals surface area contributed by atoms with Crippen LogP contribution in [0, 0.1) is 5.82 Å². The monoisotopic (exact) mass is 400 g/mol. The molecule has 0 saturated carbocycles. The van der Waals surface area contributed by atoms with Gasteiger partial charge in [0.05, 0.1) is 11.8 Å². The van der Waals surface area contributed by atoms with Crippen LogP contribution in [0.4, 0.5) is 28.2 Å². The predicted octanol–water partition coefficient (Wildman–Crippen LogP) is 5.00. The van der Waals surface area contributed by atoms with Crippen LogP contribution in [-0.2, 0) is 10.3 Å². The van der Waals surface area contributed by atoms with Gasteiger partial charge in [-0.3, -0.25) is 5.32 Å². The highest BCUT2D eigenvalue weighted by Crippen LogP contribution is 2.33. The Morgan fingerprint density at radius 2 is 1.68 bits per heavy atom. The van der Waals surface area contributed by atoms with Gasteiger partial charge in [-0.15, -0.1) is 0 Å². The van der Waals surface area contributed by atoms with Crippen molar-refractivity contribution in [3.8, 4) is 11.1 Å². The molecule has 0 saturated heterocycles. The third-order valence-electron chi connectivity index (χ3n) is 4.02. The van der Waals surface area contributed by atoms with Gasteiger partial charge < -0.3 is 9.84 Å². The number of alkyl halides is 3. The van der Waals surface area contributed by atoms with Crippen LogP contribution in [0.15, 0.2) is 36.5 Å². The minimum Gasteiger partial charge on any atom is -0.434 e. The number of carbonyl (C=O) groups excluding carboxylic acids is 1. The van der Waals surface area contributed by atoms with Crippen LogP contribution in [0.3, 0.4) is 0 Å². The maximum atomic E-state index is 14.2. The summed E-state index contributed by atoms with van der Waals surface area (Å²) < 4.78 is 56.9. The fraction of sp³-hybridized carbons (Fsp3) is 0.368. The van der Waals surface area contributed by atoms with Crippen molar-refractivity contribution in [1.82, 2.24) is 4.98 Å². The van der Waals surface area contributed by atoms with Crippen LogP contribution in [-0.4, -0.2) is 28.0 Å². The molecular formula is C19H20F4N2O3. The van der Waals surface area contributed by atoms with E-state index in [1.165, 1.54) is 6.07 Å². The number of rotatable bonds is 4. The fourth-order valence-electron chi connectivity index (χ4n) is 2.21. The largest absolute Gasteiger partial charge is 0.434 e. The first-order valence-corrected chi connectivity index (χ1v) is 8.26. The molecule has 1 amide bonds. The summed E-state index contributed by atoms with van der Waals surface area (Å²) in [7, 11) is 0. The predicted molar refractivity (Wildman–Crippen MR) is 95.1 cm³/mol. The molecule has 1 heterocycles. The Morgan fingerprint density at radius 1 is 1.11 bits per heavy atom. The number of aromatic nitrogens is 1. The van der Waals surface area contributed by atoms with E-state index in [1.807, 2.05) is 0 Å². The molecule has 0 radical (unpaired) electrons. The second-order valence-corrected chi connectivity index (χ2v) is 7.21. The third-order valence-corrected chi connectivity index (χ3v) is 4.02. The van der Waals surface area contributed by atoms with Gasteiger partial charge in [-0.2, -0.15) is 13.2 Å². The molecule has 0 aliphatic rings. The van der Waals surface area contributed by atoms with Crippen LogP contribution < -0.4 is 5.32 Å². The molecular weight excluding hydrogens is 380 g/mol. The van der Waals surface area contributed by atoms with Crippen molar-refractivity contribution in [3.63, 3.8) is 0 Å². The lowest BCUT2D eigenvalue weighted by Crippen LogP contribution is -2.44. The second kappa shape index (κ2) is 7.38. The van der Waals surface area contributed by atoms with Crippen molar-refractivity contribution in [2.45, 2.75) is 45.1 Å². The van der Waals surface area contributed by atoms with Gasteiger partial charge in [0.15, 0.2) is 0 Å². The summed E-state index contributed by atoms with van der Waals surface area (Å²) in [5.74, 6) is -0.864. The van der Waals surface area contributed by atoms with E-state index in [1.54, 1.807) is 38.1 Å². The van der Waals surface area contributed by atoms with Crippen LogP contribution in [0.1, 0.15) is 33.3 Å². The first-order chi connectivity index (χ1) is 12.7. The zero-order valence-corrected chi connectivity index (χ0v) is 15.7. The standard InChI is InChI=1S/C19H20F4N2O3/c1-17(2,27)12-7-5-11(6-8-12)13-9-15(24-10-14(13)20)25-16(26)28-18(3,4)19(21,22)23/h5-10,27H,1-4H3,(H,24,25,26). The van der Waals surface area contributed by atoms with Gasteiger partial charge in [0.1, 0.15) is 11.6 Å². The van der Waals surface area contributed by atoms with E-state index < -0.39 is 29.3 Å². The Morgan fingerprint density at radius 3 is 2.18 bits per heavy atom. The van der Waals surface area contributed by atoms with Crippen molar-refractivity contribution >= 4 is 11.9 Å². The van der Waals surface area contributed by atoms with E-state index in [2.05, 4.69) is 15.0 Å². The normalized spacial score (nSPS) is 12.6. The molecule has 28 heavy (non-hydrogen) atoms. The molecule has 1 aromatic heterocycles. The van der Waals surface area contributed by atoms with Crippen LogP contribution in [0.5, 0.6) is 0 Å². The average Bonchev–Trinajstić information content (AvgIpc) is 2.54. The van der Waals surface area contributed by atoms with Crippen LogP contribution in [0.2, 0.25) is 0 Å². The molecule has 152 valence electrons. The van der Waals surface area contributed by atoms with Crippen LogP contribution in [0.25, 0.3) is 11.1 Å². The molecule has 2 aromatic rings. The van der Waals surface area contributed by atoms with Gasteiger partial charge in [0, 0.05) is 5.56 Å². The number of carbonyl (C=O) groups is 1. The molecule has 0 unspecified atom stereocenters. The van der Waals surface area contributed by atoms with Gasteiger partial charge in [-0.05, 0) is 44.9 Å². The number of pyridine rings is 1. The van der Waals surface area contributed by atoms with Gasteiger partial charge >= 0.3 is 12.3 Å². The molecule has 5 nitrogen and oxygen atoms in total. The number of hydrogen-bond acceptors (Lipinski definition) is 4. The first kappa shape index (κ1) is 21.6. The second-order valence-electron chi connectivity index (χ2n) is 7.21. The number of benzene rings is 1. The van der Waals surface area contributed by atoms with Crippen molar-refractivity contribution in [3.05, 3.63) is 47.9 Å². The fourth-order valence-corrected chi connectivity index (χ4v) is 2.21. The Bertz CT molecular complexity index is 857. The molecule has 9 heteroatoms. The molecule has 1 aromatic carbocycles. The van der Waals surface area contributed by atoms with Crippen molar-refractivity contribution in [2.24, 2.45) is 0 Å². The number of amides is 1. The van der Waals surface area contributed by atoms with Gasteiger partial charge in [-0.1, -0.05) is 24.3 Å². The van der Waals surface area contributed by atoms with E-state index in [0.717, 1.165) is 6.20 Å². The zero-order valence-electron chi connectivity index (χ0n) is 15.7.